The molecule has 20 heteroatoms. The molecule has 5 N–H and O–H groups in total. The smallest absolute Gasteiger partial charge is 0.333 e. The first-order chi connectivity index (χ1) is 34.4. The summed E-state index contributed by atoms with van der Waals surface area (Å²) < 4.78 is 5.94. The van der Waals surface area contributed by atoms with Gasteiger partial charge in [-0.2, -0.15) is 0 Å². The monoisotopic (exact) mass is 990 g/mol. The highest BCUT2D eigenvalue weighted by Crippen LogP contribution is 2.28. The van der Waals surface area contributed by atoms with Gasteiger partial charge in [-0.25, -0.2) is 9.78 Å². The zero-order valence-electron chi connectivity index (χ0n) is 41.7. The minimum Gasteiger partial charge on any atom is -0.505 e. The Labute approximate surface area is 419 Å². The zero-order chi connectivity index (χ0) is 51.8. The second-order valence-corrected chi connectivity index (χ2v) is 19.2. The van der Waals surface area contributed by atoms with E-state index in [0.29, 0.717) is 12.0 Å². The fourth-order valence-corrected chi connectivity index (χ4v) is 9.65. The number of nitrogens with one attached hydrogen (secondary N) is 4. The molecule has 4 aliphatic rings. The van der Waals surface area contributed by atoms with Gasteiger partial charge in [-0.1, -0.05) is 49.4 Å². The number of cyclic esters (lactones) is 1. The minimum atomic E-state index is -1.70. The number of aromatic hydroxyl groups is 1. The van der Waals surface area contributed by atoms with E-state index in [0.717, 1.165) is 31.6 Å². The highest BCUT2D eigenvalue weighted by Gasteiger charge is 2.46. The second-order valence-electron chi connectivity index (χ2n) is 19.2. The molecule has 6 amide bonds. The van der Waals surface area contributed by atoms with Crippen LogP contribution in [-0.4, -0.2) is 174 Å². The number of fused-ring (bicyclic) bond motifs is 2. The predicted molar refractivity (Wildman–Crippen MR) is 265 cm³/mol. The number of likely N-dealkylation sites (N-methyl/N-ethyl adjacent to an activating group) is 1. The Morgan fingerprint density at radius 2 is 1.56 bits per heavy atom. The number of benzene rings is 2. The van der Waals surface area contributed by atoms with Gasteiger partial charge in [0.15, 0.2) is 17.5 Å². The fraction of sp³-hybridized carbons (Fsp3) is 0.481. The van der Waals surface area contributed by atoms with Gasteiger partial charge in [0, 0.05) is 70.2 Å². The number of ether oxygens (including phenoxy) is 1. The number of ketones is 1. The molecule has 0 aliphatic carbocycles. The third-order valence-corrected chi connectivity index (χ3v) is 14.1. The molecule has 0 saturated carbocycles. The molecule has 0 unspecified atom stereocenters. The molecule has 2 aromatic carbocycles. The molecule has 3 aromatic rings. The van der Waals surface area contributed by atoms with Gasteiger partial charge >= 0.3 is 5.97 Å². The van der Waals surface area contributed by atoms with Crippen molar-refractivity contribution in [3.63, 3.8) is 0 Å². The lowest BCUT2D eigenvalue weighted by atomic mass is 9.93. The van der Waals surface area contributed by atoms with Crippen LogP contribution in [0.3, 0.4) is 0 Å². The van der Waals surface area contributed by atoms with Crippen molar-refractivity contribution in [2.75, 3.05) is 59.3 Å². The molecule has 4 saturated heterocycles. The first-order valence-electron chi connectivity index (χ1n) is 24.6. The number of pyridine rings is 1. The Kier molecular flexibility index (Phi) is 16.9. The molecule has 0 spiro atoms. The van der Waals surface area contributed by atoms with Crippen LogP contribution < -0.4 is 26.2 Å². The summed E-state index contributed by atoms with van der Waals surface area (Å²) in [5, 5.41) is 21.8. The van der Waals surface area contributed by atoms with E-state index in [1.165, 1.54) is 47.0 Å². The minimum absolute atomic E-state index is 0.00496. The number of carbonyl (C=O) groups is 8. The van der Waals surface area contributed by atoms with Crippen LogP contribution in [0.15, 0.2) is 84.7 Å². The van der Waals surface area contributed by atoms with E-state index in [2.05, 4.69) is 31.2 Å². The molecule has 7 rings (SSSR count). The molecule has 5 heterocycles. The number of rotatable bonds is 9. The molecule has 4 fully saturated rings. The molecule has 0 radical (unpaired) electrons. The second kappa shape index (κ2) is 23.3. The summed E-state index contributed by atoms with van der Waals surface area (Å²) in [6, 6.07) is 9.95. The number of Topliss-reactive ketones (excluding diaryl/α,β-unsaturated/α-hetero) is 1. The Morgan fingerprint density at radius 1 is 0.847 bits per heavy atom. The molecule has 1 aromatic heterocycles. The van der Waals surface area contributed by atoms with Gasteiger partial charge in [0.1, 0.15) is 42.1 Å². The van der Waals surface area contributed by atoms with Crippen LogP contribution in [0, 0.1) is 0 Å². The van der Waals surface area contributed by atoms with E-state index in [1.54, 1.807) is 43.5 Å². The summed E-state index contributed by atoms with van der Waals surface area (Å²) in [4.78, 5) is 129. The van der Waals surface area contributed by atoms with Crippen molar-refractivity contribution in [3.05, 3.63) is 102 Å². The van der Waals surface area contributed by atoms with Crippen LogP contribution in [0.2, 0.25) is 0 Å². The van der Waals surface area contributed by atoms with E-state index < -0.39 is 107 Å². The molecule has 4 aliphatic heterocycles. The third kappa shape index (κ3) is 12.0. The average molecular weight is 991 g/mol. The van der Waals surface area contributed by atoms with Gasteiger partial charge < -0.3 is 55.6 Å². The largest absolute Gasteiger partial charge is 0.505 e. The number of carbonyl (C=O) groups excluding carboxylic acids is 8. The Balaban J connectivity index is 1.32. The number of amides is 6. The maximum absolute atomic E-state index is 15.6. The maximum atomic E-state index is 15.6. The molecular weight excluding hydrogens is 925 g/mol. The van der Waals surface area contributed by atoms with E-state index in [4.69, 9.17) is 4.74 Å². The molecule has 72 heavy (non-hydrogen) atoms. The van der Waals surface area contributed by atoms with Crippen molar-refractivity contribution < 1.29 is 48.2 Å². The summed E-state index contributed by atoms with van der Waals surface area (Å²) in [7, 11) is 7.32. The lowest BCUT2D eigenvalue weighted by molar-refractivity contribution is -0.156. The Bertz CT molecular complexity index is 2530. The number of likely N-dealkylation sites (tertiary alicyclic amines) is 1. The highest BCUT2D eigenvalue weighted by atomic mass is 16.5. The first kappa shape index (κ1) is 52.5. The average Bonchev–Trinajstić information content (AvgIpc) is 3.87. The van der Waals surface area contributed by atoms with Crippen molar-refractivity contribution in [2.45, 2.75) is 107 Å². The van der Waals surface area contributed by atoms with Crippen LogP contribution >= 0.6 is 0 Å². The number of esters is 1. The first-order valence-corrected chi connectivity index (χ1v) is 24.6. The third-order valence-electron chi connectivity index (χ3n) is 14.1. The molecule has 20 nitrogen and oxygen atoms in total. The number of nitrogens with zero attached hydrogens (tertiary/aromatic N) is 6. The summed E-state index contributed by atoms with van der Waals surface area (Å²) in [5.74, 6) is -6.55. The zero-order valence-corrected chi connectivity index (χ0v) is 41.7. The summed E-state index contributed by atoms with van der Waals surface area (Å²) >= 11 is 0. The van der Waals surface area contributed by atoms with Gasteiger partial charge in [0.05, 0.1) is 6.54 Å². The SMILES string of the molecule is CC[C@H]1NC(=O)[C@@H](NC(=O)c2ncccc2O)[C@@H](C)OC(=O)[C@H](c2ccccc2)NC(=O)[C@@H]2CC(=O)/C(=C\NC3CCN(C)CC3)CN2C(=O)[C@H](Cc2ccc(N(C)C)cc2)N(C)C(=O)[C@@H]2CCCN2C1=O. The van der Waals surface area contributed by atoms with Crippen LogP contribution in [0.25, 0.3) is 0 Å². The van der Waals surface area contributed by atoms with Crippen LogP contribution in [0.1, 0.15) is 80.0 Å². The summed E-state index contributed by atoms with van der Waals surface area (Å²) in [5.41, 5.74) is 1.66. The van der Waals surface area contributed by atoms with Crippen molar-refractivity contribution >= 4 is 52.9 Å². The standard InChI is InChI=1S/C52H66N10O10/c1-7-37-49(68)61-24-12-15-38(61)50(69)60(6)40(27-32-17-19-36(20-18-32)58(3)4)51(70)62-30-34(29-54-35-21-25-59(5)26-22-35)42(64)28-39(62)46(65)57-44(33-13-9-8-10-14-33)52(71)72-31(2)43(47(66)55-37)56-48(67)45-41(63)16-11-23-53-45/h8-11,13-14,16-20,23,29,31,35,37-40,43-44,54,63H,7,12,15,21-22,24-28,30H2,1-6H3,(H,55,66)(H,56,67)(H,57,65)/b34-29-/t31-,37-,38+,39+,40+,43+,44+/m1/s1. The van der Waals surface area contributed by atoms with Crippen molar-refractivity contribution in [1.29, 1.82) is 0 Å². The van der Waals surface area contributed by atoms with Crippen LogP contribution in [0.5, 0.6) is 5.75 Å². The normalized spacial score (nSPS) is 26.1. The molecular formula is C52H66N10O10. The maximum Gasteiger partial charge on any atom is 0.333 e. The summed E-state index contributed by atoms with van der Waals surface area (Å²) in [6.45, 7) is 4.55. The number of piperidine rings is 2. The number of aromatic nitrogens is 1. The topological polar surface area (TPSA) is 243 Å². The fourth-order valence-electron chi connectivity index (χ4n) is 9.65. The number of hydrogen-bond acceptors (Lipinski definition) is 14. The van der Waals surface area contributed by atoms with Crippen LogP contribution in [0.4, 0.5) is 5.69 Å². The Hall–Kier alpha value is -7.35. The van der Waals surface area contributed by atoms with E-state index in [1.807, 2.05) is 50.3 Å². The van der Waals surface area contributed by atoms with Gasteiger partial charge in [0.25, 0.3) is 5.91 Å². The molecule has 384 valence electrons. The number of hydrogen-bond donors (Lipinski definition) is 5. The van der Waals surface area contributed by atoms with Gasteiger partial charge in [-0.15, -0.1) is 0 Å². The van der Waals surface area contributed by atoms with Crippen molar-refractivity contribution in [1.82, 2.24) is 45.9 Å². The predicted octanol–water partition coefficient (Wildman–Crippen LogP) is 1.45. The van der Waals surface area contributed by atoms with Crippen molar-refractivity contribution in [3.8, 4) is 5.75 Å². The quantitative estimate of drug-likeness (QED) is 0.151. The van der Waals surface area contributed by atoms with Gasteiger partial charge in [0.2, 0.25) is 29.5 Å². The lowest BCUT2D eigenvalue weighted by Crippen LogP contribution is -2.62. The van der Waals surface area contributed by atoms with Gasteiger partial charge in [-0.05, 0) is 94.6 Å². The Morgan fingerprint density at radius 3 is 2.22 bits per heavy atom. The van der Waals surface area contributed by atoms with E-state index in [9.17, 15) is 38.7 Å². The number of anilines is 1. The van der Waals surface area contributed by atoms with E-state index >= 15 is 4.79 Å². The summed E-state index contributed by atoms with van der Waals surface area (Å²) in [6.07, 6.45) is 3.30. The van der Waals surface area contributed by atoms with E-state index in [-0.39, 0.29) is 49.5 Å². The van der Waals surface area contributed by atoms with Crippen LogP contribution in [-0.2, 0) is 44.7 Å². The molecule has 0 bridgehead atoms. The highest BCUT2D eigenvalue weighted by molar-refractivity contribution is 6.05. The lowest BCUT2D eigenvalue weighted by Gasteiger charge is -2.40. The van der Waals surface area contributed by atoms with Crippen molar-refractivity contribution in [2.24, 2.45) is 0 Å². The van der Waals surface area contributed by atoms with Gasteiger partial charge in [-0.3, -0.25) is 33.6 Å². The molecule has 7 atom stereocenters.